The van der Waals surface area contributed by atoms with E-state index in [1.807, 2.05) is 12.1 Å². The number of aromatic nitrogens is 3. The van der Waals surface area contributed by atoms with Crippen molar-refractivity contribution in [3.63, 3.8) is 0 Å². The van der Waals surface area contributed by atoms with E-state index in [1.54, 1.807) is 19.3 Å². The molecule has 0 saturated carbocycles. The number of hydrogen-bond donors (Lipinski definition) is 1. The highest BCUT2D eigenvalue weighted by atomic mass is 16.5. The molecule has 1 atom stereocenters. The molecule has 0 aliphatic heterocycles. The predicted octanol–water partition coefficient (Wildman–Crippen LogP) is 1.72. The van der Waals surface area contributed by atoms with E-state index in [-0.39, 0.29) is 0 Å². The summed E-state index contributed by atoms with van der Waals surface area (Å²) in [4.78, 5) is 10.5. The van der Waals surface area contributed by atoms with Crippen molar-refractivity contribution in [2.45, 2.75) is 39.5 Å². The number of pyridine rings is 1. The molecule has 6 heteroatoms. The number of aliphatic hydroxyl groups is 1. The summed E-state index contributed by atoms with van der Waals surface area (Å²) in [6, 6.07) is 4.01. The van der Waals surface area contributed by atoms with Crippen LogP contribution in [0.25, 0.3) is 11.4 Å². The Balaban J connectivity index is 2.08. The van der Waals surface area contributed by atoms with Crippen molar-refractivity contribution in [1.82, 2.24) is 20.0 Å². The molecule has 108 valence electrons. The van der Waals surface area contributed by atoms with Gasteiger partial charge in [0, 0.05) is 30.5 Å². The van der Waals surface area contributed by atoms with Crippen LogP contribution in [0.15, 0.2) is 29.0 Å². The zero-order chi connectivity index (χ0) is 14.5. The first-order valence-electron chi connectivity index (χ1n) is 6.71. The van der Waals surface area contributed by atoms with Gasteiger partial charge in [-0.25, -0.2) is 0 Å². The van der Waals surface area contributed by atoms with E-state index in [2.05, 4.69) is 33.9 Å². The number of aliphatic hydroxyl groups excluding tert-OH is 1. The van der Waals surface area contributed by atoms with Crippen molar-refractivity contribution >= 4 is 0 Å². The van der Waals surface area contributed by atoms with Crippen LogP contribution in [0, 0.1) is 0 Å². The summed E-state index contributed by atoms with van der Waals surface area (Å²) in [6.07, 6.45) is 3.01. The average Bonchev–Trinajstić information content (AvgIpc) is 2.87. The Morgan fingerprint density at radius 2 is 2.15 bits per heavy atom. The van der Waals surface area contributed by atoms with E-state index < -0.39 is 6.10 Å². The lowest BCUT2D eigenvalue weighted by atomic mass is 10.2. The van der Waals surface area contributed by atoms with Gasteiger partial charge >= 0.3 is 0 Å². The molecule has 2 rings (SSSR count). The molecule has 20 heavy (non-hydrogen) atoms. The quantitative estimate of drug-likeness (QED) is 0.866. The Labute approximate surface area is 118 Å². The summed E-state index contributed by atoms with van der Waals surface area (Å²) in [5.74, 6) is 1.08. The Morgan fingerprint density at radius 1 is 1.35 bits per heavy atom. The summed E-state index contributed by atoms with van der Waals surface area (Å²) >= 11 is 0. The molecule has 0 radical (unpaired) electrons. The molecule has 0 bridgehead atoms. The van der Waals surface area contributed by atoms with E-state index >= 15 is 0 Å². The summed E-state index contributed by atoms with van der Waals surface area (Å²) < 4.78 is 5.27. The third-order valence-electron chi connectivity index (χ3n) is 2.96. The summed E-state index contributed by atoms with van der Waals surface area (Å²) in [5.41, 5.74) is 0.828. The van der Waals surface area contributed by atoms with Crippen LogP contribution in [-0.4, -0.2) is 43.8 Å². The van der Waals surface area contributed by atoms with Gasteiger partial charge in [0.25, 0.3) is 0 Å². The fraction of sp³-hybridized carbons (Fsp3) is 0.500. The van der Waals surface area contributed by atoms with Gasteiger partial charge in [-0.3, -0.25) is 9.88 Å². The molecular weight excluding hydrogens is 256 g/mol. The van der Waals surface area contributed by atoms with Crippen LogP contribution in [0.5, 0.6) is 0 Å². The van der Waals surface area contributed by atoms with Crippen LogP contribution in [0.1, 0.15) is 26.7 Å². The third kappa shape index (κ3) is 3.85. The van der Waals surface area contributed by atoms with E-state index in [1.165, 1.54) is 0 Å². The Kier molecular flexibility index (Phi) is 4.81. The molecule has 0 saturated heterocycles. The largest absolute Gasteiger partial charge is 0.392 e. The van der Waals surface area contributed by atoms with E-state index in [0.717, 1.165) is 5.56 Å². The molecule has 2 heterocycles. The summed E-state index contributed by atoms with van der Waals surface area (Å²) in [7, 11) is 0. The Morgan fingerprint density at radius 3 is 2.75 bits per heavy atom. The van der Waals surface area contributed by atoms with Gasteiger partial charge in [-0.1, -0.05) is 5.16 Å². The summed E-state index contributed by atoms with van der Waals surface area (Å²) in [6.45, 7) is 7.00. The van der Waals surface area contributed by atoms with Gasteiger partial charge in [-0.15, -0.1) is 0 Å². The highest BCUT2D eigenvalue weighted by molar-refractivity contribution is 5.51. The maximum Gasteiger partial charge on any atom is 0.241 e. The molecule has 2 aromatic rings. The van der Waals surface area contributed by atoms with Gasteiger partial charge in [0.1, 0.15) is 0 Å². The minimum atomic E-state index is -0.391. The van der Waals surface area contributed by atoms with Crippen molar-refractivity contribution in [3.05, 3.63) is 30.4 Å². The van der Waals surface area contributed by atoms with Crippen LogP contribution in [-0.2, 0) is 6.54 Å². The first kappa shape index (κ1) is 14.6. The lowest BCUT2D eigenvalue weighted by molar-refractivity contribution is 0.0943. The first-order valence-corrected chi connectivity index (χ1v) is 6.71. The van der Waals surface area contributed by atoms with E-state index in [0.29, 0.717) is 30.8 Å². The second kappa shape index (κ2) is 6.58. The number of hydrogen-bond acceptors (Lipinski definition) is 6. The molecular formula is C14H20N4O2. The second-order valence-electron chi connectivity index (χ2n) is 5.13. The van der Waals surface area contributed by atoms with Crippen LogP contribution in [0.4, 0.5) is 0 Å². The van der Waals surface area contributed by atoms with Crippen molar-refractivity contribution in [3.8, 4) is 11.4 Å². The molecule has 0 fully saturated rings. The first-order chi connectivity index (χ1) is 9.56. The Bertz CT molecular complexity index is 525. The highest BCUT2D eigenvalue weighted by Crippen LogP contribution is 2.15. The molecule has 0 aromatic carbocycles. The minimum absolute atomic E-state index is 0.290. The minimum Gasteiger partial charge on any atom is -0.392 e. The van der Waals surface area contributed by atoms with E-state index in [9.17, 15) is 5.11 Å². The number of nitrogens with zero attached hydrogens (tertiary/aromatic N) is 4. The Hall–Kier alpha value is -1.79. The summed E-state index contributed by atoms with van der Waals surface area (Å²) in [5, 5.41) is 13.5. The zero-order valence-corrected chi connectivity index (χ0v) is 12.0. The molecule has 1 N–H and O–H groups in total. The van der Waals surface area contributed by atoms with Crippen molar-refractivity contribution in [2.75, 3.05) is 6.54 Å². The van der Waals surface area contributed by atoms with Crippen molar-refractivity contribution in [1.29, 1.82) is 0 Å². The van der Waals surface area contributed by atoms with Crippen LogP contribution in [0.3, 0.4) is 0 Å². The maximum absolute atomic E-state index is 9.52. The smallest absolute Gasteiger partial charge is 0.241 e. The molecule has 0 aliphatic rings. The predicted molar refractivity (Wildman–Crippen MR) is 74.8 cm³/mol. The normalized spacial score (nSPS) is 13.1. The lowest BCUT2D eigenvalue weighted by Crippen LogP contribution is -2.36. The van der Waals surface area contributed by atoms with Crippen molar-refractivity contribution < 1.29 is 9.63 Å². The fourth-order valence-electron chi connectivity index (χ4n) is 1.90. The van der Waals surface area contributed by atoms with Gasteiger partial charge in [0.2, 0.25) is 11.7 Å². The van der Waals surface area contributed by atoms with Crippen LogP contribution >= 0.6 is 0 Å². The van der Waals surface area contributed by atoms with Gasteiger partial charge in [0.15, 0.2) is 0 Å². The molecule has 1 unspecified atom stereocenters. The van der Waals surface area contributed by atoms with Crippen molar-refractivity contribution in [2.24, 2.45) is 0 Å². The second-order valence-corrected chi connectivity index (χ2v) is 5.13. The molecule has 0 aliphatic carbocycles. The van der Waals surface area contributed by atoms with Gasteiger partial charge in [0.05, 0.1) is 12.6 Å². The third-order valence-corrected chi connectivity index (χ3v) is 2.96. The molecule has 2 aromatic heterocycles. The maximum atomic E-state index is 9.52. The molecule has 0 amide bonds. The van der Waals surface area contributed by atoms with Gasteiger partial charge in [-0.05, 0) is 32.9 Å². The lowest BCUT2D eigenvalue weighted by Gasteiger charge is -2.25. The fourth-order valence-corrected chi connectivity index (χ4v) is 1.90. The molecule has 6 nitrogen and oxygen atoms in total. The van der Waals surface area contributed by atoms with Crippen LogP contribution < -0.4 is 0 Å². The molecule has 0 spiro atoms. The standard InChI is InChI=1S/C14H20N4O2/c1-10(2)18(8-11(3)19)9-13-16-14(17-20-13)12-5-4-6-15-7-12/h4-7,10-11,19H,8-9H2,1-3H3. The number of rotatable bonds is 6. The van der Waals surface area contributed by atoms with Gasteiger partial charge < -0.3 is 9.63 Å². The average molecular weight is 276 g/mol. The monoisotopic (exact) mass is 276 g/mol. The topological polar surface area (TPSA) is 75.3 Å². The van der Waals surface area contributed by atoms with E-state index in [4.69, 9.17) is 4.52 Å². The van der Waals surface area contributed by atoms with Crippen LogP contribution in [0.2, 0.25) is 0 Å². The SMILES string of the molecule is CC(O)CN(Cc1nc(-c2cccnc2)no1)C(C)C. The zero-order valence-electron chi connectivity index (χ0n) is 12.0. The highest BCUT2D eigenvalue weighted by Gasteiger charge is 2.17. The van der Waals surface area contributed by atoms with Gasteiger partial charge in [-0.2, -0.15) is 4.98 Å².